The van der Waals surface area contributed by atoms with Crippen LogP contribution in [0.2, 0.25) is 10.0 Å². The number of nitrogens with two attached hydrogens (primary N) is 1. The van der Waals surface area contributed by atoms with E-state index in [1.165, 1.54) is 45.0 Å². The van der Waals surface area contributed by atoms with Crippen LogP contribution in [0.4, 0.5) is 22.7 Å². The number of amides is 7. The maximum absolute atomic E-state index is 13.5. The number of phenolic OH excluding ortho intramolecular Hbond substituents is 4. The minimum atomic E-state index is -0.948. The predicted molar refractivity (Wildman–Crippen MR) is 571 cm³/mol. The zero-order valence-electron chi connectivity index (χ0n) is 81.2. The number of carboxylic acid groups (broad SMARTS) is 4. The van der Waals surface area contributed by atoms with Gasteiger partial charge in [-0.05, 0) is 281 Å². The topological polar surface area (TPSA) is 475 Å². The van der Waals surface area contributed by atoms with Gasteiger partial charge in [0.15, 0.2) is 0 Å². The molecule has 0 radical (unpaired) electrons. The van der Waals surface area contributed by atoms with E-state index in [1.807, 2.05) is 194 Å². The Hall–Kier alpha value is -17.1. The van der Waals surface area contributed by atoms with E-state index in [-0.39, 0.29) is 133 Å². The highest BCUT2D eigenvalue weighted by Gasteiger charge is 2.43. The number of halogens is 2. The minimum absolute atomic E-state index is 0.00123. The average Bonchev–Trinajstić information content (AvgIpc) is 1.63. The summed E-state index contributed by atoms with van der Waals surface area (Å²) in [7, 11) is 0. The van der Waals surface area contributed by atoms with Crippen molar-refractivity contribution in [2.24, 2.45) is 5.73 Å². The number of fused-ring (bicyclic) bond motifs is 12. The number of hydrogen-bond acceptors (Lipinski definition) is 18. The lowest BCUT2D eigenvalue weighted by Crippen LogP contribution is -2.44. The number of nitrogens with zero attached hydrogens (tertiary/aromatic N) is 1. The van der Waals surface area contributed by atoms with Gasteiger partial charge in [-0.3, -0.25) is 63.4 Å². The molecule has 149 heavy (non-hydrogen) atoms. The monoisotopic (exact) mass is 2040 g/mol. The van der Waals surface area contributed by atoms with Gasteiger partial charge in [-0.15, -0.1) is 0 Å². The standard InChI is InChI=1S/2C33H29ClN2O5.C28H27N3O5.C24H23N3O4/c1-19(37)35-31(15-20-5-9-25(38)10-6-20)33(41)36-24-8-12-27-26-11-7-22(21-3-2-4-23(34)16-21)17-29(26)28(30(27)18-24)13-14-32(39)40;1-19(37)35-31(16-20-6-10-23(38)11-7-20)33(41)36-22-9-13-26-25-12-8-21(24-4-2-3-5-30(24)34)17-28(25)27(29(26)18-22)14-15-32(39)40;1-16(32)31-13-12-20(17-6-9-19(33)10-7-17)27(31)28(36)30-18-8-11-22-21-4-2-3-5-23(21)26(24(22)14-18)29-15-25(34)35;25-21(11-14-5-8-16(28)9-6-14)24(31)27-15-7-10-18-17-3-1-2-4-19(17)23(20(18)12-15)26-13-22(29)30/h2-12,16-18,28,31,38H,13-15H2,1H3,(H,35,37)(H,36,41)(H,39,40);2-13,17-18,27,31,38H,14-16H2,1H3,(H,35,37)(H,36,41)(H,39,40);2-11,14,20,26-27,29,33H,12-13,15H2,1H3,(H,30,36)(H,34,35);1-10,12,21,23,26,28H,11,13,25H2,(H,27,31)(H,29,30)/t28?,31-;27?,31-;20?,26?,27-;21-,23?/m0000/s1. The van der Waals surface area contributed by atoms with Crippen LogP contribution < -0.4 is 48.3 Å². The second-order valence-corrected chi connectivity index (χ2v) is 38.0. The first kappa shape index (κ1) is 105. The number of phenols is 4. The van der Waals surface area contributed by atoms with Crippen LogP contribution in [-0.4, -0.2) is 155 Å². The third-order valence-corrected chi connectivity index (χ3v) is 27.6. The van der Waals surface area contributed by atoms with E-state index in [4.69, 9.17) is 34.0 Å². The summed E-state index contributed by atoms with van der Waals surface area (Å²) in [5.41, 5.74) is 31.3. The number of rotatable bonds is 31. The van der Waals surface area contributed by atoms with Crippen molar-refractivity contribution >= 4 is 111 Å². The predicted octanol–water partition coefficient (Wildman–Crippen LogP) is 18.9. The van der Waals surface area contributed by atoms with E-state index in [2.05, 4.69) is 54.7 Å². The summed E-state index contributed by atoms with van der Waals surface area (Å²) in [6.07, 6.45) is 2.26. The normalized spacial score (nSPS) is 15.7. The molecular formula is C118H108Cl2N10O19. The molecule has 758 valence electrons. The summed E-state index contributed by atoms with van der Waals surface area (Å²) < 4.78 is 0. The third kappa shape index (κ3) is 25.4. The lowest BCUT2D eigenvalue weighted by atomic mass is 9.90. The summed E-state index contributed by atoms with van der Waals surface area (Å²) in [6, 6.07) is 88.3. The molecule has 29 nitrogen and oxygen atoms in total. The highest BCUT2D eigenvalue weighted by molar-refractivity contribution is 6.33. The Balaban J connectivity index is 0.000000142. The van der Waals surface area contributed by atoms with Gasteiger partial charge >= 0.3 is 23.9 Å². The van der Waals surface area contributed by atoms with Crippen molar-refractivity contribution in [1.29, 1.82) is 0 Å². The number of carboxylic acids is 4. The summed E-state index contributed by atoms with van der Waals surface area (Å²) >= 11 is 12.7. The molecule has 7 amide bonds. The molecule has 9 atom stereocenters. The van der Waals surface area contributed by atoms with Crippen molar-refractivity contribution in [3.63, 3.8) is 0 Å². The molecule has 31 heteroatoms. The Morgan fingerprint density at radius 1 is 0.356 bits per heavy atom. The van der Waals surface area contributed by atoms with Gasteiger partial charge in [0.1, 0.15) is 41.1 Å². The zero-order valence-corrected chi connectivity index (χ0v) is 82.7. The maximum Gasteiger partial charge on any atom is 0.317 e. The molecule has 19 rings (SSSR count). The van der Waals surface area contributed by atoms with Crippen LogP contribution >= 0.6 is 23.2 Å². The lowest BCUT2D eigenvalue weighted by Gasteiger charge is -2.27. The Labute approximate surface area is 868 Å². The number of likely N-dealkylation sites (tertiary alicyclic amines) is 1. The number of hydrogen-bond donors (Lipinski definition) is 17. The smallest absolute Gasteiger partial charge is 0.317 e. The van der Waals surface area contributed by atoms with Crippen LogP contribution in [-0.2, 0) is 72.0 Å². The molecule has 14 aromatic rings. The van der Waals surface area contributed by atoms with Crippen molar-refractivity contribution < 1.29 is 93.6 Å². The minimum Gasteiger partial charge on any atom is -0.508 e. The first-order chi connectivity index (χ1) is 71.6. The van der Waals surface area contributed by atoms with E-state index in [9.17, 15) is 88.5 Å². The Morgan fingerprint density at radius 3 is 1.14 bits per heavy atom. The van der Waals surface area contributed by atoms with Crippen molar-refractivity contribution in [3.8, 4) is 89.8 Å². The molecule has 0 aromatic heterocycles. The maximum atomic E-state index is 13.5. The molecule has 5 unspecified atom stereocenters. The molecule has 4 aliphatic carbocycles. The highest BCUT2D eigenvalue weighted by atomic mass is 35.5. The molecular weight excluding hydrogens is 1930 g/mol. The van der Waals surface area contributed by atoms with E-state index in [0.29, 0.717) is 65.0 Å². The van der Waals surface area contributed by atoms with E-state index < -0.39 is 48.0 Å². The van der Waals surface area contributed by atoms with Crippen LogP contribution in [0.5, 0.6) is 23.0 Å². The number of anilines is 4. The summed E-state index contributed by atoms with van der Waals surface area (Å²) in [4.78, 5) is 136. The summed E-state index contributed by atoms with van der Waals surface area (Å²) in [5.74, 6) is -5.85. The average molecular weight is 2040 g/mol. The second kappa shape index (κ2) is 47.0. The molecule has 5 aliphatic rings. The fourth-order valence-corrected chi connectivity index (χ4v) is 20.6. The van der Waals surface area contributed by atoms with Gasteiger partial charge in [-0.2, -0.15) is 0 Å². The number of nitrogens with one attached hydrogen (secondary N) is 8. The quantitative estimate of drug-likeness (QED) is 0.0192. The Morgan fingerprint density at radius 2 is 0.718 bits per heavy atom. The van der Waals surface area contributed by atoms with Crippen LogP contribution in [0.25, 0.3) is 66.8 Å². The molecule has 1 heterocycles. The summed E-state index contributed by atoms with van der Waals surface area (Å²) in [6.45, 7) is 4.28. The number of carbonyl (C=O) groups excluding carboxylic acids is 7. The van der Waals surface area contributed by atoms with Gasteiger partial charge < -0.3 is 83.4 Å². The Bertz CT molecular complexity index is 7470. The molecule has 1 aliphatic heterocycles. The van der Waals surface area contributed by atoms with Gasteiger partial charge in [-0.25, -0.2) is 0 Å². The van der Waals surface area contributed by atoms with Gasteiger partial charge in [0.25, 0.3) is 0 Å². The Kier molecular flexibility index (Phi) is 33.0. The van der Waals surface area contributed by atoms with Crippen LogP contribution in [0, 0.1) is 0 Å². The molecule has 1 saturated heterocycles. The SMILES string of the molecule is CC(=O)N1CCC(c2ccc(O)cc2)[C@H]1C(=O)Nc1ccc2c(c1)C(NCC(=O)O)c1ccccc1-2.CC(=O)N[C@@H](Cc1ccc(O)cc1)C(=O)Nc1ccc2c(c1)C(CCC(=O)O)c1cc(-c3cccc(Cl)c3)ccc1-2.CC(=O)N[C@@H](Cc1ccc(O)cc1)C(=O)Nc1ccc2c(c1)C(CCC(=O)O)c1cc(-c3ccccc3Cl)ccc1-2.N[C@@H](Cc1ccc(O)cc1)C(=O)Nc1ccc2c(c1)C(NCC(=O)O)c1ccccc1-2. The molecule has 14 aromatic carbocycles. The molecule has 0 saturated carbocycles. The summed E-state index contributed by atoms with van der Waals surface area (Å²) in [5, 5.41) is 100.0. The number of aromatic hydroxyl groups is 4. The largest absolute Gasteiger partial charge is 0.508 e. The van der Waals surface area contributed by atoms with Gasteiger partial charge in [-0.1, -0.05) is 199 Å². The number of benzene rings is 14. The van der Waals surface area contributed by atoms with Crippen LogP contribution in [0.1, 0.15) is 149 Å². The fourth-order valence-electron chi connectivity index (χ4n) is 20.2. The van der Waals surface area contributed by atoms with Crippen molar-refractivity contribution in [1.82, 2.24) is 26.2 Å². The zero-order chi connectivity index (χ0) is 106. The highest BCUT2D eigenvalue weighted by Crippen LogP contribution is 2.53. The lowest BCUT2D eigenvalue weighted by molar-refractivity contribution is -0.138. The second-order valence-electron chi connectivity index (χ2n) is 37.2. The van der Waals surface area contributed by atoms with Gasteiger partial charge in [0, 0.05) is 109 Å². The van der Waals surface area contributed by atoms with E-state index >= 15 is 0 Å². The first-order valence-corrected chi connectivity index (χ1v) is 49.2. The first-order valence-electron chi connectivity index (χ1n) is 48.4. The molecule has 0 bridgehead atoms. The number of aliphatic carboxylic acids is 4. The van der Waals surface area contributed by atoms with E-state index in [1.54, 1.807) is 77.7 Å². The van der Waals surface area contributed by atoms with E-state index in [0.717, 1.165) is 134 Å². The fraction of sp³-hybridized carbons (Fsp3) is 0.195. The third-order valence-electron chi connectivity index (χ3n) is 27.0. The number of carbonyl (C=O) groups is 11. The van der Waals surface area contributed by atoms with Crippen LogP contribution in [0.3, 0.4) is 0 Å². The molecule has 18 N–H and O–H groups in total. The van der Waals surface area contributed by atoms with Crippen molar-refractivity contribution in [2.45, 2.75) is 126 Å². The van der Waals surface area contributed by atoms with Crippen molar-refractivity contribution in [3.05, 3.63) is 380 Å². The molecule has 1 fully saturated rings. The van der Waals surface area contributed by atoms with Crippen molar-refractivity contribution in [2.75, 3.05) is 40.9 Å². The van der Waals surface area contributed by atoms with Gasteiger partial charge in [0.05, 0.1) is 31.2 Å². The van der Waals surface area contributed by atoms with Gasteiger partial charge in [0.2, 0.25) is 41.4 Å². The van der Waals surface area contributed by atoms with Crippen LogP contribution in [0.15, 0.2) is 303 Å². The molecule has 0 spiro atoms.